The van der Waals surface area contributed by atoms with E-state index in [2.05, 4.69) is 24.3 Å². The van der Waals surface area contributed by atoms with Gasteiger partial charge in [0.05, 0.1) is 0 Å². The molecule has 2 N–H and O–H groups in total. The second kappa shape index (κ2) is 7.28. The van der Waals surface area contributed by atoms with Crippen molar-refractivity contribution in [3.8, 4) is 0 Å². The lowest BCUT2D eigenvalue weighted by Gasteiger charge is -2.20. The number of benzene rings is 1. The van der Waals surface area contributed by atoms with E-state index in [9.17, 15) is 4.79 Å². The van der Waals surface area contributed by atoms with Crippen LogP contribution in [-0.4, -0.2) is 29.9 Å². The zero-order valence-corrected chi connectivity index (χ0v) is 13.4. The Hall–Kier alpha value is -1.35. The summed E-state index contributed by atoms with van der Waals surface area (Å²) < 4.78 is 0. The highest BCUT2D eigenvalue weighted by atomic mass is 16.2. The van der Waals surface area contributed by atoms with E-state index in [-0.39, 0.29) is 6.04 Å². The first-order chi connectivity index (χ1) is 10.7. The Balaban J connectivity index is 1.57. The summed E-state index contributed by atoms with van der Waals surface area (Å²) in [6, 6.07) is 10.5. The van der Waals surface area contributed by atoms with Crippen molar-refractivity contribution in [2.75, 3.05) is 13.1 Å². The van der Waals surface area contributed by atoms with Gasteiger partial charge in [-0.3, -0.25) is 4.79 Å². The normalized spacial score (nSPS) is 26.9. The van der Waals surface area contributed by atoms with Crippen molar-refractivity contribution in [1.82, 2.24) is 4.90 Å². The lowest BCUT2D eigenvalue weighted by Crippen LogP contribution is -2.33. The van der Waals surface area contributed by atoms with E-state index in [0.29, 0.717) is 24.3 Å². The van der Waals surface area contributed by atoms with Gasteiger partial charge >= 0.3 is 0 Å². The van der Waals surface area contributed by atoms with Crippen LogP contribution in [0, 0.1) is 5.92 Å². The molecule has 0 spiro atoms. The molecule has 1 saturated carbocycles. The Morgan fingerprint density at radius 3 is 2.41 bits per heavy atom. The molecule has 1 amide bonds. The number of nitrogens with two attached hydrogens (primary N) is 1. The Bertz CT molecular complexity index is 479. The number of carbonyl (C=O) groups is 1. The fraction of sp³-hybridized carbons (Fsp3) is 0.632. The first-order valence-corrected chi connectivity index (χ1v) is 8.82. The summed E-state index contributed by atoms with van der Waals surface area (Å²) in [5, 5.41) is 0. The van der Waals surface area contributed by atoms with Crippen LogP contribution in [0.1, 0.15) is 56.4 Å². The van der Waals surface area contributed by atoms with Crippen LogP contribution in [0.2, 0.25) is 0 Å². The summed E-state index contributed by atoms with van der Waals surface area (Å²) in [4.78, 5) is 14.6. The smallest absolute Gasteiger partial charge is 0.222 e. The van der Waals surface area contributed by atoms with Crippen LogP contribution < -0.4 is 5.73 Å². The molecule has 2 fully saturated rings. The van der Waals surface area contributed by atoms with Gasteiger partial charge in [0.15, 0.2) is 0 Å². The van der Waals surface area contributed by atoms with Gasteiger partial charge < -0.3 is 10.6 Å². The molecule has 3 heteroatoms. The molecule has 0 bridgehead atoms. The molecule has 0 unspecified atom stereocenters. The van der Waals surface area contributed by atoms with E-state index < -0.39 is 0 Å². The van der Waals surface area contributed by atoms with Gasteiger partial charge in [0.25, 0.3) is 0 Å². The van der Waals surface area contributed by atoms with Crippen LogP contribution in [0.4, 0.5) is 0 Å². The lowest BCUT2D eigenvalue weighted by atomic mass is 9.95. The Kier molecular flexibility index (Phi) is 5.14. The van der Waals surface area contributed by atoms with Gasteiger partial charge in [-0.1, -0.05) is 56.0 Å². The zero-order valence-electron chi connectivity index (χ0n) is 13.4. The summed E-state index contributed by atoms with van der Waals surface area (Å²) in [6.07, 6.45) is 8.47. The van der Waals surface area contributed by atoms with Gasteiger partial charge in [0, 0.05) is 31.5 Å². The van der Waals surface area contributed by atoms with Crippen LogP contribution in [0.5, 0.6) is 0 Å². The monoisotopic (exact) mass is 300 g/mol. The maximum absolute atomic E-state index is 12.6. The van der Waals surface area contributed by atoms with Crippen molar-refractivity contribution in [2.45, 2.75) is 56.9 Å². The Morgan fingerprint density at radius 2 is 1.73 bits per heavy atom. The van der Waals surface area contributed by atoms with E-state index in [0.717, 1.165) is 13.0 Å². The third kappa shape index (κ3) is 3.70. The second-order valence-corrected chi connectivity index (χ2v) is 7.04. The molecule has 22 heavy (non-hydrogen) atoms. The topological polar surface area (TPSA) is 46.3 Å². The summed E-state index contributed by atoms with van der Waals surface area (Å²) in [6.45, 7) is 1.50. The average Bonchev–Trinajstić information content (AvgIpc) is 2.75. The van der Waals surface area contributed by atoms with E-state index >= 15 is 0 Å². The molecular weight excluding hydrogens is 272 g/mol. The second-order valence-electron chi connectivity index (χ2n) is 7.04. The number of carbonyl (C=O) groups excluding carboxylic acids is 1. The van der Waals surface area contributed by atoms with Gasteiger partial charge in [0.2, 0.25) is 5.91 Å². The number of amides is 1. The minimum absolute atomic E-state index is 0.0699. The van der Waals surface area contributed by atoms with Crippen LogP contribution in [0.25, 0.3) is 0 Å². The van der Waals surface area contributed by atoms with Gasteiger partial charge in [0.1, 0.15) is 0 Å². The number of rotatable bonds is 3. The fourth-order valence-electron chi connectivity index (χ4n) is 4.03. The predicted octanol–water partition coefficient (Wildman–Crippen LogP) is 3.30. The minimum Gasteiger partial charge on any atom is -0.340 e. The van der Waals surface area contributed by atoms with Crippen molar-refractivity contribution in [2.24, 2.45) is 11.7 Å². The highest BCUT2D eigenvalue weighted by Gasteiger charge is 2.34. The molecule has 1 aromatic rings. The van der Waals surface area contributed by atoms with E-state index in [4.69, 9.17) is 5.73 Å². The third-order valence-corrected chi connectivity index (χ3v) is 5.38. The van der Waals surface area contributed by atoms with Gasteiger partial charge in [-0.2, -0.15) is 0 Å². The quantitative estimate of drug-likeness (QED) is 0.871. The summed E-state index contributed by atoms with van der Waals surface area (Å²) >= 11 is 0. The molecule has 1 saturated heterocycles. The minimum atomic E-state index is 0.0699. The largest absolute Gasteiger partial charge is 0.340 e. The first kappa shape index (κ1) is 15.5. The predicted molar refractivity (Wildman–Crippen MR) is 89.5 cm³/mol. The van der Waals surface area contributed by atoms with Gasteiger partial charge in [-0.25, -0.2) is 0 Å². The number of likely N-dealkylation sites (tertiary alicyclic amines) is 1. The Morgan fingerprint density at radius 1 is 1.05 bits per heavy atom. The number of hydrogen-bond acceptors (Lipinski definition) is 2. The summed E-state index contributed by atoms with van der Waals surface area (Å²) in [5.41, 5.74) is 7.57. The van der Waals surface area contributed by atoms with Crippen molar-refractivity contribution < 1.29 is 4.79 Å². The molecule has 1 aromatic carbocycles. The van der Waals surface area contributed by atoms with Crippen molar-refractivity contribution >= 4 is 5.91 Å². The SMILES string of the molecule is N[C@@H]1CN(C(=O)CC2CCCCCC2)C[C@H]1c1ccccc1. The molecule has 120 valence electrons. The van der Waals surface area contributed by atoms with Crippen molar-refractivity contribution in [3.05, 3.63) is 35.9 Å². The molecular formula is C19H28N2O. The maximum atomic E-state index is 12.6. The zero-order chi connectivity index (χ0) is 15.4. The highest BCUT2D eigenvalue weighted by Crippen LogP contribution is 2.30. The van der Waals surface area contributed by atoms with Crippen molar-refractivity contribution in [3.63, 3.8) is 0 Å². The molecule has 3 rings (SSSR count). The van der Waals surface area contributed by atoms with Crippen molar-refractivity contribution in [1.29, 1.82) is 0 Å². The molecule has 0 radical (unpaired) electrons. The van der Waals surface area contributed by atoms with Gasteiger partial charge in [-0.05, 0) is 24.3 Å². The fourth-order valence-corrected chi connectivity index (χ4v) is 4.03. The molecule has 3 nitrogen and oxygen atoms in total. The van der Waals surface area contributed by atoms with E-state index in [1.54, 1.807) is 0 Å². The Labute approximate surface area is 133 Å². The van der Waals surface area contributed by atoms with Crippen LogP contribution in [-0.2, 0) is 4.79 Å². The van der Waals surface area contributed by atoms with Crippen LogP contribution in [0.3, 0.4) is 0 Å². The van der Waals surface area contributed by atoms with Crippen LogP contribution in [0.15, 0.2) is 30.3 Å². The van der Waals surface area contributed by atoms with Gasteiger partial charge in [-0.15, -0.1) is 0 Å². The molecule has 2 atom stereocenters. The standard InChI is InChI=1S/C19H28N2O/c20-18-14-21(13-17(18)16-10-6-3-7-11-16)19(22)12-15-8-4-1-2-5-9-15/h3,6-7,10-11,15,17-18H,1-2,4-5,8-9,12-14,20H2/t17-,18+/m0/s1. The number of nitrogens with zero attached hydrogens (tertiary/aromatic N) is 1. The molecule has 1 aliphatic carbocycles. The molecule has 2 aliphatic rings. The number of hydrogen-bond donors (Lipinski definition) is 1. The molecule has 1 heterocycles. The van der Waals surface area contributed by atoms with Crippen LogP contribution >= 0.6 is 0 Å². The third-order valence-electron chi connectivity index (χ3n) is 5.38. The maximum Gasteiger partial charge on any atom is 0.222 e. The summed E-state index contributed by atoms with van der Waals surface area (Å²) in [5.74, 6) is 1.21. The highest BCUT2D eigenvalue weighted by molar-refractivity contribution is 5.77. The average molecular weight is 300 g/mol. The van der Waals surface area contributed by atoms with E-state index in [1.807, 2.05) is 11.0 Å². The lowest BCUT2D eigenvalue weighted by molar-refractivity contribution is -0.131. The van der Waals surface area contributed by atoms with E-state index in [1.165, 1.54) is 44.1 Å². The first-order valence-electron chi connectivity index (χ1n) is 8.82. The molecule has 1 aliphatic heterocycles. The molecule has 0 aromatic heterocycles. The summed E-state index contributed by atoms with van der Waals surface area (Å²) in [7, 11) is 0.